The van der Waals surface area contributed by atoms with Crippen LogP contribution in [0.3, 0.4) is 0 Å². The van der Waals surface area contributed by atoms with Crippen LogP contribution >= 0.6 is 0 Å². The first-order valence-corrected chi connectivity index (χ1v) is 10.4. The highest BCUT2D eigenvalue weighted by molar-refractivity contribution is 5.84. The zero-order valence-corrected chi connectivity index (χ0v) is 19.7. The standard InChI is InChI=1S/C21H17F6N7O5/c1-37-14-8-3-11(15(9-14)38-2)10-28-33-18-30-17(29-12-4-6-13(7-5-12)34(35)36)31-19(32-18)39-16(20(22,23)24)21(25,26)27/h3-10,16H,1-2H3,(H2,29,30,31,32,33)/b28-10+. The minimum Gasteiger partial charge on any atom is -0.497 e. The van der Waals surface area contributed by atoms with Gasteiger partial charge in [-0.1, -0.05) is 0 Å². The third-order valence-corrected chi connectivity index (χ3v) is 4.58. The number of anilines is 3. The highest BCUT2D eigenvalue weighted by atomic mass is 19.4. The zero-order valence-electron chi connectivity index (χ0n) is 19.7. The van der Waals surface area contributed by atoms with Gasteiger partial charge in [0.25, 0.3) is 17.7 Å². The summed E-state index contributed by atoms with van der Waals surface area (Å²) < 4.78 is 92.5. The smallest absolute Gasteiger partial charge is 0.434 e. The second-order valence-electron chi connectivity index (χ2n) is 7.25. The summed E-state index contributed by atoms with van der Waals surface area (Å²) >= 11 is 0. The van der Waals surface area contributed by atoms with Crippen molar-refractivity contribution in [1.29, 1.82) is 0 Å². The van der Waals surface area contributed by atoms with Crippen LogP contribution in [0.15, 0.2) is 47.6 Å². The highest BCUT2D eigenvalue weighted by Gasteiger charge is 2.59. The summed E-state index contributed by atoms with van der Waals surface area (Å²) in [4.78, 5) is 20.9. The van der Waals surface area contributed by atoms with Gasteiger partial charge in [-0.3, -0.25) is 10.1 Å². The number of nitro groups is 1. The number of non-ortho nitro benzene ring substituents is 1. The van der Waals surface area contributed by atoms with E-state index in [0.717, 1.165) is 12.1 Å². The average Bonchev–Trinajstić information content (AvgIpc) is 2.86. The molecule has 0 aliphatic rings. The van der Waals surface area contributed by atoms with E-state index in [1.807, 2.05) is 0 Å². The Hall–Kier alpha value is -4.90. The van der Waals surface area contributed by atoms with Crippen LogP contribution in [0.5, 0.6) is 17.5 Å². The molecule has 0 aliphatic heterocycles. The van der Waals surface area contributed by atoms with Gasteiger partial charge < -0.3 is 19.5 Å². The molecule has 3 aromatic rings. The number of nitrogens with zero attached hydrogens (tertiary/aromatic N) is 5. The molecular weight excluding hydrogens is 544 g/mol. The largest absolute Gasteiger partial charge is 0.497 e. The quantitative estimate of drug-likeness (QED) is 0.152. The van der Waals surface area contributed by atoms with Crippen LogP contribution in [0.4, 0.5) is 49.6 Å². The Morgan fingerprint density at radius 2 is 1.59 bits per heavy atom. The maximum atomic E-state index is 13.0. The molecule has 0 aliphatic carbocycles. The maximum Gasteiger partial charge on any atom is 0.434 e. The van der Waals surface area contributed by atoms with Crippen LogP contribution in [0, 0.1) is 10.1 Å². The third kappa shape index (κ3) is 7.79. The van der Waals surface area contributed by atoms with Crippen molar-refractivity contribution in [2.24, 2.45) is 5.10 Å². The molecule has 0 saturated carbocycles. The van der Waals surface area contributed by atoms with E-state index in [1.54, 1.807) is 12.1 Å². The van der Waals surface area contributed by atoms with Crippen molar-refractivity contribution in [3.8, 4) is 17.5 Å². The van der Waals surface area contributed by atoms with Crippen LogP contribution in [0.25, 0.3) is 0 Å². The lowest BCUT2D eigenvalue weighted by atomic mass is 10.2. The Morgan fingerprint density at radius 1 is 0.949 bits per heavy atom. The van der Waals surface area contributed by atoms with Gasteiger partial charge in [0.2, 0.25) is 5.95 Å². The van der Waals surface area contributed by atoms with Crippen molar-refractivity contribution >= 4 is 29.5 Å². The number of hydrazone groups is 1. The molecule has 2 aromatic carbocycles. The highest BCUT2D eigenvalue weighted by Crippen LogP contribution is 2.36. The molecule has 0 bridgehead atoms. The van der Waals surface area contributed by atoms with E-state index in [1.165, 1.54) is 38.6 Å². The van der Waals surface area contributed by atoms with Gasteiger partial charge >= 0.3 is 18.4 Å². The van der Waals surface area contributed by atoms with Crippen LogP contribution in [-0.4, -0.2) is 58.8 Å². The predicted octanol–water partition coefficient (Wildman–Crippen LogP) is 4.86. The van der Waals surface area contributed by atoms with E-state index in [0.29, 0.717) is 17.1 Å². The van der Waals surface area contributed by atoms with E-state index in [4.69, 9.17) is 9.47 Å². The first-order chi connectivity index (χ1) is 18.3. The molecule has 0 unspecified atom stereocenters. The summed E-state index contributed by atoms with van der Waals surface area (Å²) in [6.45, 7) is 0. The molecule has 0 saturated heterocycles. The van der Waals surface area contributed by atoms with Gasteiger partial charge in [-0.2, -0.15) is 46.4 Å². The van der Waals surface area contributed by atoms with Gasteiger partial charge in [-0.05, 0) is 24.3 Å². The van der Waals surface area contributed by atoms with Gasteiger partial charge in [-0.15, -0.1) is 0 Å². The lowest BCUT2D eigenvalue weighted by Gasteiger charge is -2.22. The lowest BCUT2D eigenvalue weighted by Crippen LogP contribution is -2.46. The molecule has 0 radical (unpaired) electrons. The first kappa shape index (κ1) is 28.7. The SMILES string of the molecule is COc1ccc(/C=N/Nc2nc(Nc3ccc([N+](=O)[O-])cc3)nc(OC(C(F)(F)F)C(F)(F)F)n2)c(OC)c1. The number of benzene rings is 2. The zero-order chi connectivity index (χ0) is 28.8. The molecule has 0 amide bonds. The van der Waals surface area contributed by atoms with E-state index >= 15 is 0 Å². The average molecular weight is 561 g/mol. The third-order valence-electron chi connectivity index (χ3n) is 4.58. The fraction of sp³-hybridized carbons (Fsp3) is 0.238. The molecule has 2 N–H and O–H groups in total. The molecule has 39 heavy (non-hydrogen) atoms. The molecular formula is C21H17F6N7O5. The molecule has 0 fully saturated rings. The molecule has 3 rings (SSSR count). The van der Waals surface area contributed by atoms with Crippen molar-refractivity contribution in [1.82, 2.24) is 15.0 Å². The predicted molar refractivity (Wildman–Crippen MR) is 123 cm³/mol. The van der Waals surface area contributed by atoms with E-state index in [-0.39, 0.29) is 11.4 Å². The van der Waals surface area contributed by atoms with E-state index in [2.05, 4.69) is 35.5 Å². The molecule has 208 valence electrons. The second kappa shape index (κ2) is 11.7. The van der Waals surface area contributed by atoms with Crippen molar-refractivity contribution in [3.63, 3.8) is 0 Å². The van der Waals surface area contributed by atoms with Crippen molar-refractivity contribution in [2.45, 2.75) is 18.5 Å². The number of aromatic nitrogens is 3. The summed E-state index contributed by atoms with van der Waals surface area (Å²) in [6.07, 6.45) is -14.7. The van der Waals surface area contributed by atoms with Gasteiger partial charge in [0.05, 0.1) is 25.4 Å². The topological polar surface area (TPSA) is 146 Å². The van der Waals surface area contributed by atoms with Gasteiger partial charge in [0, 0.05) is 29.4 Å². The summed E-state index contributed by atoms with van der Waals surface area (Å²) in [5, 5.41) is 17.1. The molecule has 1 aromatic heterocycles. The fourth-order valence-electron chi connectivity index (χ4n) is 2.82. The minimum atomic E-state index is -5.84. The molecule has 0 spiro atoms. The summed E-state index contributed by atoms with van der Waals surface area (Å²) in [5.41, 5.74) is 2.51. The molecule has 1 heterocycles. The molecule has 18 heteroatoms. The Balaban J connectivity index is 1.93. The number of alkyl halides is 6. The summed E-state index contributed by atoms with van der Waals surface area (Å²) in [6, 6.07) is 7.94. The monoisotopic (exact) mass is 561 g/mol. The van der Waals surface area contributed by atoms with Crippen molar-refractivity contribution in [2.75, 3.05) is 25.0 Å². The van der Waals surface area contributed by atoms with Gasteiger partial charge in [0.15, 0.2) is 0 Å². The summed E-state index contributed by atoms with van der Waals surface area (Å²) in [5.74, 6) is -0.353. The van der Waals surface area contributed by atoms with Crippen LogP contribution in [0.2, 0.25) is 0 Å². The minimum absolute atomic E-state index is 0.110. The van der Waals surface area contributed by atoms with Crippen molar-refractivity contribution in [3.05, 3.63) is 58.1 Å². The maximum absolute atomic E-state index is 13.0. The molecule has 12 nitrogen and oxygen atoms in total. The van der Waals surface area contributed by atoms with Crippen LogP contribution < -0.4 is 25.0 Å². The number of ether oxygens (including phenoxy) is 3. The van der Waals surface area contributed by atoms with E-state index in [9.17, 15) is 36.5 Å². The second-order valence-corrected chi connectivity index (χ2v) is 7.25. The number of nitrogens with one attached hydrogen (secondary N) is 2. The number of hydrogen-bond donors (Lipinski definition) is 2. The van der Waals surface area contributed by atoms with Gasteiger partial charge in [-0.25, -0.2) is 5.43 Å². The lowest BCUT2D eigenvalue weighted by molar-refractivity contribution is -0.384. The first-order valence-electron chi connectivity index (χ1n) is 10.4. The van der Waals surface area contributed by atoms with Gasteiger partial charge in [0.1, 0.15) is 11.5 Å². The Kier molecular flexibility index (Phi) is 8.57. The van der Waals surface area contributed by atoms with Crippen molar-refractivity contribution < 1.29 is 45.5 Å². The number of nitro benzene ring substituents is 1. The molecule has 0 atom stereocenters. The van der Waals surface area contributed by atoms with Crippen LogP contribution in [0.1, 0.15) is 5.56 Å². The fourth-order valence-corrected chi connectivity index (χ4v) is 2.82. The number of hydrogen-bond acceptors (Lipinski definition) is 11. The number of methoxy groups -OCH3 is 2. The summed E-state index contributed by atoms with van der Waals surface area (Å²) in [7, 11) is 2.82. The van der Waals surface area contributed by atoms with E-state index < -0.39 is 41.3 Å². The Labute approximate surface area is 214 Å². The van der Waals surface area contributed by atoms with Crippen LogP contribution in [-0.2, 0) is 0 Å². The Bertz CT molecular complexity index is 1320. The number of rotatable bonds is 10. The normalized spacial score (nSPS) is 11.9. The Morgan fingerprint density at radius 3 is 2.15 bits per heavy atom. The number of halogens is 6.